The lowest BCUT2D eigenvalue weighted by Crippen LogP contribution is -1.95. The predicted octanol–water partition coefficient (Wildman–Crippen LogP) is 2.26. The fourth-order valence-electron chi connectivity index (χ4n) is 1.06. The van der Waals surface area contributed by atoms with Gasteiger partial charge in [-0.05, 0) is 13.0 Å². The van der Waals surface area contributed by atoms with Crippen LogP contribution >= 0.6 is 0 Å². The Bertz CT molecular complexity index is 283. The summed E-state index contributed by atoms with van der Waals surface area (Å²) in [6.07, 6.45) is 5.86. The van der Waals surface area contributed by atoms with Crippen molar-refractivity contribution in [1.82, 2.24) is 0 Å². The molecule has 0 radical (unpaired) electrons. The van der Waals surface area contributed by atoms with E-state index in [1.165, 1.54) is 0 Å². The largest absolute Gasteiger partial charge is 0.494 e. The molecule has 0 heterocycles. The van der Waals surface area contributed by atoms with Crippen LogP contribution in [0.2, 0.25) is 0 Å². The average Bonchev–Trinajstić information content (AvgIpc) is 2.09. The van der Waals surface area contributed by atoms with Crippen LogP contribution in [0, 0.1) is 12.3 Å². The monoisotopic (exact) mass is 160 g/mol. The van der Waals surface area contributed by atoms with Crippen LogP contribution in [0.1, 0.15) is 12.5 Å². The summed E-state index contributed by atoms with van der Waals surface area (Å²) in [5, 5.41) is 0. The van der Waals surface area contributed by atoms with E-state index in [1.54, 1.807) is 0 Å². The number of para-hydroxylation sites is 1. The third kappa shape index (κ3) is 2.03. The zero-order valence-electron chi connectivity index (χ0n) is 7.21. The fourth-order valence-corrected chi connectivity index (χ4v) is 1.06. The number of rotatable bonds is 3. The first-order chi connectivity index (χ1) is 5.88. The first kappa shape index (κ1) is 8.67. The summed E-state index contributed by atoms with van der Waals surface area (Å²) < 4.78 is 5.39. The van der Waals surface area contributed by atoms with Crippen LogP contribution in [0.3, 0.4) is 0 Å². The van der Waals surface area contributed by atoms with Crippen molar-refractivity contribution >= 4 is 0 Å². The minimum atomic E-state index is 0.635. The molecule has 0 aliphatic carbocycles. The molecule has 0 unspecified atom stereocenters. The zero-order chi connectivity index (χ0) is 8.81. The Hall–Kier alpha value is -1.42. The molecule has 0 aromatic heterocycles. The molecule has 0 aliphatic rings. The van der Waals surface area contributed by atoms with Gasteiger partial charge in [-0.15, -0.1) is 12.3 Å². The van der Waals surface area contributed by atoms with Crippen LogP contribution in [0.15, 0.2) is 24.3 Å². The molecule has 0 amide bonds. The molecule has 1 heteroatoms. The van der Waals surface area contributed by atoms with Gasteiger partial charge in [0.25, 0.3) is 0 Å². The molecule has 12 heavy (non-hydrogen) atoms. The maximum Gasteiger partial charge on any atom is 0.123 e. The van der Waals surface area contributed by atoms with Crippen LogP contribution in [0.4, 0.5) is 0 Å². The van der Waals surface area contributed by atoms with Crippen LogP contribution in [-0.4, -0.2) is 6.61 Å². The second-order valence-corrected chi connectivity index (χ2v) is 2.42. The molecule has 0 fully saturated rings. The first-order valence-corrected chi connectivity index (χ1v) is 4.02. The van der Waals surface area contributed by atoms with E-state index in [1.807, 2.05) is 31.2 Å². The standard InChI is InChI=1S/C11H12O/c1-3-7-10-8-5-6-9-11(10)12-4-2/h1,5-6,8-9H,4,7H2,2H3. The maximum atomic E-state index is 5.39. The summed E-state index contributed by atoms with van der Waals surface area (Å²) in [5.74, 6) is 3.50. The van der Waals surface area contributed by atoms with Gasteiger partial charge >= 0.3 is 0 Å². The fraction of sp³-hybridized carbons (Fsp3) is 0.273. The summed E-state index contributed by atoms with van der Waals surface area (Å²) in [5.41, 5.74) is 1.09. The van der Waals surface area contributed by atoms with E-state index in [0.717, 1.165) is 11.3 Å². The number of hydrogen-bond donors (Lipinski definition) is 0. The molecule has 0 spiro atoms. The van der Waals surface area contributed by atoms with Crippen molar-refractivity contribution in [2.45, 2.75) is 13.3 Å². The maximum absolute atomic E-state index is 5.39. The molecule has 0 N–H and O–H groups in total. The molecule has 0 bridgehead atoms. The third-order valence-electron chi connectivity index (χ3n) is 1.56. The molecule has 62 valence electrons. The van der Waals surface area contributed by atoms with E-state index in [9.17, 15) is 0 Å². The lowest BCUT2D eigenvalue weighted by molar-refractivity contribution is 0.337. The van der Waals surface area contributed by atoms with Gasteiger partial charge in [-0.1, -0.05) is 18.2 Å². The normalized spacial score (nSPS) is 9.00. The Morgan fingerprint density at radius 2 is 2.17 bits per heavy atom. The van der Waals surface area contributed by atoms with Crippen molar-refractivity contribution in [2.24, 2.45) is 0 Å². The Balaban J connectivity index is 2.85. The van der Waals surface area contributed by atoms with Crippen molar-refractivity contribution in [2.75, 3.05) is 6.61 Å². The SMILES string of the molecule is C#CCc1ccccc1OCC. The van der Waals surface area contributed by atoms with Crippen molar-refractivity contribution < 1.29 is 4.74 Å². The topological polar surface area (TPSA) is 9.23 Å². The van der Waals surface area contributed by atoms with E-state index in [-0.39, 0.29) is 0 Å². The second kappa shape index (κ2) is 4.46. The van der Waals surface area contributed by atoms with Crippen LogP contribution in [0.5, 0.6) is 5.75 Å². The third-order valence-corrected chi connectivity index (χ3v) is 1.56. The van der Waals surface area contributed by atoms with Crippen molar-refractivity contribution in [3.63, 3.8) is 0 Å². The van der Waals surface area contributed by atoms with Gasteiger partial charge < -0.3 is 4.74 Å². The zero-order valence-corrected chi connectivity index (χ0v) is 7.21. The van der Waals surface area contributed by atoms with Gasteiger partial charge in [-0.3, -0.25) is 0 Å². The molecule has 1 aromatic carbocycles. The van der Waals surface area contributed by atoms with Crippen LogP contribution < -0.4 is 4.74 Å². The van der Waals surface area contributed by atoms with Gasteiger partial charge in [0.1, 0.15) is 5.75 Å². The highest BCUT2D eigenvalue weighted by atomic mass is 16.5. The highest BCUT2D eigenvalue weighted by Crippen LogP contribution is 2.17. The Labute approximate surface area is 73.4 Å². The van der Waals surface area contributed by atoms with Gasteiger partial charge in [0.15, 0.2) is 0 Å². The van der Waals surface area contributed by atoms with Gasteiger partial charge in [0.05, 0.1) is 6.61 Å². The second-order valence-electron chi connectivity index (χ2n) is 2.42. The Morgan fingerprint density at radius 1 is 1.42 bits per heavy atom. The molecule has 0 saturated heterocycles. The molecule has 1 nitrogen and oxygen atoms in total. The van der Waals surface area contributed by atoms with Crippen molar-refractivity contribution in [3.05, 3.63) is 29.8 Å². The van der Waals surface area contributed by atoms with E-state index >= 15 is 0 Å². The van der Waals surface area contributed by atoms with Gasteiger partial charge in [-0.25, -0.2) is 0 Å². The predicted molar refractivity (Wildman–Crippen MR) is 50.1 cm³/mol. The van der Waals surface area contributed by atoms with Crippen LogP contribution in [0.25, 0.3) is 0 Å². The highest BCUT2D eigenvalue weighted by molar-refractivity contribution is 5.35. The minimum Gasteiger partial charge on any atom is -0.494 e. The van der Waals surface area contributed by atoms with E-state index in [0.29, 0.717) is 13.0 Å². The Morgan fingerprint density at radius 3 is 2.83 bits per heavy atom. The average molecular weight is 160 g/mol. The number of terminal acetylenes is 1. The summed E-state index contributed by atoms with van der Waals surface area (Å²) in [7, 11) is 0. The minimum absolute atomic E-state index is 0.635. The number of benzene rings is 1. The van der Waals surface area contributed by atoms with E-state index in [4.69, 9.17) is 11.2 Å². The highest BCUT2D eigenvalue weighted by Gasteiger charge is 1.98. The molecule has 0 atom stereocenters. The lowest BCUT2D eigenvalue weighted by atomic mass is 10.1. The molecular weight excluding hydrogens is 148 g/mol. The quantitative estimate of drug-likeness (QED) is 0.616. The number of hydrogen-bond acceptors (Lipinski definition) is 1. The van der Waals surface area contributed by atoms with Crippen molar-refractivity contribution in [3.8, 4) is 18.1 Å². The van der Waals surface area contributed by atoms with E-state index in [2.05, 4.69) is 5.92 Å². The smallest absolute Gasteiger partial charge is 0.123 e. The van der Waals surface area contributed by atoms with Gasteiger partial charge in [0.2, 0.25) is 0 Å². The Kier molecular flexibility index (Phi) is 3.22. The lowest BCUT2D eigenvalue weighted by Gasteiger charge is -2.06. The molecule has 0 saturated carbocycles. The summed E-state index contributed by atoms with van der Waals surface area (Å²) in [6, 6.07) is 7.85. The van der Waals surface area contributed by atoms with Gasteiger partial charge in [0, 0.05) is 12.0 Å². The molecule has 1 rings (SSSR count). The van der Waals surface area contributed by atoms with E-state index < -0.39 is 0 Å². The first-order valence-electron chi connectivity index (χ1n) is 4.02. The molecule has 0 aliphatic heterocycles. The summed E-state index contributed by atoms with van der Waals surface area (Å²) in [4.78, 5) is 0. The van der Waals surface area contributed by atoms with Gasteiger partial charge in [-0.2, -0.15) is 0 Å². The van der Waals surface area contributed by atoms with Crippen molar-refractivity contribution in [1.29, 1.82) is 0 Å². The summed E-state index contributed by atoms with van der Waals surface area (Å²) >= 11 is 0. The molecule has 1 aromatic rings. The van der Waals surface area contributed by atoms with Crippen LogP contribution in [-0.2, 0) is 6.42 Å². The summed E-state index contributed by atoms with van der Waals surface area (Å²) in [6.45, 7) is 2.65. The molecular formula is C11H12O. The number of ether oxygens (including phenoxy) is 1.